The molecule has 0 bridgehead atoms. The van der Waals surface area contributed by atoms with E-state index in [1.54, 1.807) is 11.8 Å². The zero-order valence-corrected chi connectivity index (χ0v) is 9.14. The fraction of sp³-hybridized carbons (Fsp3) is 0.889. The predicted molar refractivity (Wildman–Crippen MR) is 57.1 cm³/mol. The number of hydrogen-bond acceptors (Lipinski definition) is 3. The molecule has 0 rings (SSSR count). The molecule has 0 aromatic rings. The van der Waals surface area contributed by atoms with Crippen LogP contribution in [0, 0.1) is 0 Å². The van der Waals surface area contributed by atoms with Crippen molar-refractivity contribution in [3.05, 3.63) is 0 Å². The molecule has 0 aliphatic carbocycles. The van der Waals surface area contributed by atoms with Gasteiger partial charge in [0, 0.05) is 23.5 Å². The van der Waals surface area contributed by atoms with Crippen molar-refractivity contribution in [3.63, 3.8) is 0 Å². The van der Waals surface area contributed by atoms with E-state index in [9.17, 15) is 4.79 Å². The van der Waals surface area contributed by atoms with Gasteiger partial charge >= 0.3 is 5.97 Å². The van der Waals surface area contributed by atoms with Crippen LogP contribution in [-0.4, -0.2) is 28.1 Å². The third kappa shape index (κ3) is 8.12. The second kappa shape index (κ2) is 7.21. The molecule has 0 aliphatic heterocycles. The molecule has 0 spiro atoms. The average molecular weight is 205 g/mol. The zero-order valence-electron chi connectivity index (χ0n) is 8.32. The van der Waals surface area contributed by atoms with Crippen molar-refractivity contribution in [2.45, 2.75) is 44.4 Å². The molecular formula is C9H19NO2S. The molecule has 13 heavy (non-hydrogen) atoms. The summed E-state index contributed by atoms with van der Waals surface area (Å²) in [6, 6.07) is 0.247. The third-order valence-corrected chi connectivity index (χ3v) is 3.31. The molecule has 0 radical (unpaired) electrons. The number of hydrogen-bond donors (Lipinski definition) is 2. The standard InChI is InChI=1S/C9H19NO2S/c1-3-8(10)6-13-7(2)4-5-9(11)12/h7-8H,3-6,10H2,1-2H3,(H,11,12). The van der Waals surface area contributed by atoms with Crippen LogP contribution >= 0.6 is 11.8 Å². The van der Waals surface area contributed by atoms with E-state index in [2.05, 4.69) is 13.8 Å². The van der Waals surface area contributed by atoms with E-state index in [0.717, 1.165) is 18.6 Å². The molecule has 2 unspecified atom stereocenters. The summed E-state index contributed by atoms with van der Waals surface area (Å²) in [6.07, 6.45) is 1.98. The van der Waals surface area contributed by atoms with Gasteiger partial charge in [-0.05, 0) is 12.8 Å². The van der Waals surface area contributed by atoms with E-state index >= 15 is 0 Å². The molecule has 4 heteroatoms. The summed E-state index contributed by atoms with van der Waals surface area (Å²) in [5, 5.41) is 8.85. The first kappa shape index (κ1) is 12.8. The smallest absolute Gasteiger partial charge is 0.303 e. The molecule has 0 aliphatic rings. The fourth-order valence-electron chi connectivity index (χ4n) is 0.816. The Balaban J connectivity index is 3.39. The Kier molecular flexibility index (Phi) is 7.09. The second-order valence-electron chi connectivity index (χ2n) is 3.24. The zero-order chi connectivity index (χ0) is 10.3. The normalized spacial score (nSPS) is 15.3. The van der Waals surface area contributed by atoms with Gasteiger partial charge in [0.1, 0.15) is 0 Å². The van der Waals surface area contributed by atoms with Gasteiger partial charge < -0.3 is 10.8 Å². The SMILES string of the molecule is CCC(N)CSC(C)CCC(=O)O. The Hall–Kier alpha value is -0.220. The molecule has 0 amide bonds. The van der Waals surface area contributed by atoms with Gasteiger partial charge in [0.25, 0.3) is 0 Å². The maximum absolute atomic E-state index is 10.3. The Bertz CT molecular complexity index is 153. The van der Waals surface area contributed by atoms with Crippen LogP contribution in [0.3, 0.4) is 0 Å². The van der Waals surface area contributed by atoms with Crippen LogP contribution in [0.25, 0.3) is 0 Å². The molecular weight excluding hydrogens is 186 g/mol. The lowest BCUT2D eigenvalue weighted by molar-refractivity contribution is -0.137. The highest BCUT2D eigenvalue weighted by Crippen LogP contribution is 2.16. The van der Waals surface area contributed by atoms with Crippen molar-refractivity contribution < 1.29 is 9.90 Å². The van der Waals surface area contributed by atoms with Crippen molar-refractivity contribution in [3.8, 4) is 0 Å². The van der Waals surface area contributed by atoms with Gasteiger partial charge in [-0.25, -0.2) is 0 Å². The molecule has 0 aromatic carbocycles. The Morgan fingerprint density at radius 3 is 2.69 bits per heavy atom. The minimum absolute atomic E-state index is 0.247. The fourth-order valence-corrected chi connectivity index (χ4v) is 1.91. The summed E-state index contributed by atoms with van der Waals surface area (Å²) in [5.74, 6) is 0.212. The Labute approximate surface area is 84.1 Å². The quantitative estimate of drug-likeness (QED) is 0.664. The molecule has 3 nitrogen and oxygen atoms in total. The minimum atomic E-state index is -0.716. The molecule has 2 atom stereocenters. The lowest BCUT2D eigenvalue weighted by Crippen LogP contribution is -2.22. The number of rotatable bonds is 7. The number of carbonyl (C=O) groups is 1. The topological polar surface area (TPSA) is 63.3 Å². The van der Waals surface area contributed by atoms with E-state index in [-0.39, 0.29) is 12.5 Å². The first-order valence-corrected chi connectivity index (χ1v) is 5.70. The number of aliphatic carboxylic acids is 1. The van der Waals surface area contributed by atoms with Crippen molar-refractivity contribution >= 4 is 17.7 Å². The number of carboxylic acids is 1. The number of nitrogens with two attached hydrogens (primary N) is 1. The summed E-state index contributed by atoms with van der Waals surface area (Å²) < 4.78 is 0. The first-order valence-electron chi connectivity index (χ1n) is 4.65. The van der Waals surface area contributed by atoms with Crippen LogP contribution in [0.15, 0.2) is 0 Å². The third-order valence-electron chi connectivity index (χ3n) is 1.88. The average Bonchev–Trinajstić information content (AvgIpc) is 2.10. The van der Waals surface area contributed by atoms with E-state index in [1.807, 2.05) is 0 Å². The molecule has 78 valence electrons. The van der Waals surface area contributed by atoms with Gasteiger partial charge in [-0.3, -0.25) is 4.79 Å². The van der Waals surface area contributed by atoms with Crippen LogP contribution in [-0.2, 0) is 4.79 Å². The van der Waals surface area contributed by atoms with Gasteiger partial charge in [0.05, 0.1) is 0 Å². The monoisotopic (exact) mass is 205 g/mol. The summed E-state index contributed by atoms with van der Waals surface area (Å²) in [6.45, 7) is 4.11. The highest BCUT2D eigenvalue weighted by Gasteiger charge is 2.07. The summed E-state index contributed by atoms with van der Waals surface area (Å²) in [7, 11) is 0. The number of carboxylic acid groups (broad SMARTS) is 1. The molecule has 0 saturated carbocycles. The van der Waals surface area contributed by atoms with Crippen LogP contribution < -0.4 is 5.73 Å². The van der Waals surface area contributed by atoms with Gasteiger partial charge in [-0.1, -0.05) is 13.8 Å². The Morgan fingerprint density at radius 1 is 1.62 bits per heavy atom. The molecule has 0 saturated heterocycles. The molecule has 3 N–H and O–H groups in total. The van der Waals surface area contributed by atoms with Crippen molar-refractivity contribution in [2.75, 3.05) is 5.75 Å². The largest absolute Gasteiger partial charge is 0.481 e. The van der Waals surface area contributed by atoms with Gasteiger partial charge in [0.2, 0.25) is 0 Å². The van der Waals surface area contributed by atoms with E-state index < -0.39 is 5.97 Å². The predicted octanol–water partition coefficient (Wildman–Crippen LogP) is 1.71. The Morgan fingerprint density at radius 2 is 2.23 bits per heavy atom. The van der Waals surface area contributed by atoms with Gasteiger partial charge in [-0.2, -0.15) is 11.8 Å². The van der Waals surface area contributed by atoms with Crippen LogP contribution in [0.1, 0.15) is 33.1 Å². The van der Waals surface area contributed by atoms with Crippen molar-refractivity contribution in [1.82, 2.24) is 0 Å². The second-order valence-corrected chi connectivity index (χ2v) is 4.72. The number of thioether (sulfide) groups is 1. The molecule has 0 aromatic heterocycles. The van der Waals surface area contributed by atoms with Crippen LogP contribution in [0.2, 0.25) is 0 Å². The lowest BCUT2D eigenvalue weighted by Gasteiger charge is -2.12. The molecule has 0 heterocycles. The maximum Gasteiger partial charge on any atom is 0.303 e. The highest BCUT2D eigenvalue weighted by molar-refractivity contribution is 7.99. The van der Waals surface area contributed by atoms with Crippen molar-refractivity contribution in [1.29, 1.82) is 0 Å². The first-order chi connectivity index (χ1) is 6.06. The summed E-state index contributed by atoms with van der Waals surface area (Å²) in [4.78, 5) is 10.3. The van der Waals surface area contributed by atoms with Gasteiger partial charge in [0.15, 0.2) is 0 Å². The summed E-state index contributed by atoms with van der Waals surface area (Å²) >= 11 is 1.76. The van der Waals surface area contributed by atoms with Crippen LogP contribution in [0.5, 0.6) is 0 Å². The highest BCUT2D eigenvalue weighted by atomic mass is 32.2. The summed E-state index contributed by atoms with van der Waals surface area (Å²) in [5.41, 5.74) is 5.74. The van der Waals surface area contributed by atoms with E-state index in [1.165, 1.54) is 0 Å². The maximum atomic E-state index is 10.3. The van der Waals surface area contributed by atoms with E-state index in [4.69, 9.17) is 10.8 Å². The van der Waals surface area contributed by atoms with Crippen molar-refractivity contribution in [2.24, 2.45) is 5.73 Å². The minimum Gasteiger partial charge on any atom is -0.481 e. The molecule has 0 fully saturated rings. The van der Waals surface area contributed by atoms with Gasteiger partial charge in [-0.15, -0.1) is 0 Å². The van der Waals surface area contributed by atoms with E-state index in [0.29, 0.717) is 5.25 Å². The lowest BCUT2D eigenvalue weighted by atomic mass is 10.2. The van der Waals surface area contributed by atoms with Crippen LogP contribution in [0.4, 0.5) is 0 Å².